The molecule has 1 aliphatic heterocycles. The molecule has 1 aromatic heterocycles. The Kier molecular flexibility index (Phi) is 5.24. The molecule has 3 aromatic rings. The molecular weight excluding hydrogens is 406 g/mol. The number of nitro groups is 1. The van der Waals surface area contributed by atoms with Crippen molar-refractivity contribution in [3.8, 4) is 12.1 Å². The molecule has 0 atom stereocenters. The van der Waals surface area contributed by atoms with Gasteiger partial charge in [-0.25, -0.2) is 4.99 Å². The molecule has 0 aliphatic carbocycles. The van der Waals surface area contributed by atoms with Gasteiger partial charge >= 0.3 is 0 Å². The van der Waals surface area contributed by atoms with E-state index in [1.54, 1.807) is 18.3 Å². The molecule has 4 rings (SSSR count). The highest BCUT2D eigenvalue weighted by Crippen LogP contribution is 2.39. The van der Waals surface area contributed by atoms with Gasteiger partial charge in [-0.3, -0.25) is 15.2 Å². The van der Waals surface area contributed by atoms with Crippen LogP contribution in [0.15, 0.2) is 70.0 Å². The van der Waals surface area contributed by atoms with E-state index in [4.69, 9.17) is 0 Å². The maximum Gasteiger partial charge on any atom is 0.269 e. The second-order valence-electron chi connectivity index (χ2n) is 7.32. The van der Waals surface area contributed by atoms with Crippen LogP contribution >= 0.6 is 0 Å². The Morgan fingerprint density at radius 1 is 1.09 bits per heavy atom. The molecule has 0 fully saturated rings. The highest BCUT2D eigenvalue weighted by Gasteiger charge is 2.29. The van der Waals surface area contributed by atoms with E-state index in [1.165, 1.54) is 12.1 Å². The van der Waals surface area contributed by atoms with E-state index in [1.807, 2.05) is 32.0 Å². The summed E-state index contributed by atoms with van der Waals surface area (Å²) in [6.07, 6.45) is 1.58. The van der Waals surface area contributed by atoms with Crippen LogP contribution in [0.1, 0.15) is 30.9 Å². The molecule has 0 saturated heterocycles. The van der Waals surface area contributed by atoms with Crippen molar-refractivity contribution in [1.82, 2.24) is 15.5 Å². The Labute approximate surface area is 183 Å². The van der Waals surface area contributed by atoms with Gasteiger partial charge in [0.2, 0.25) is 0 Å². The van der Waals surface area contributed by atoms with Gasteiger partial charge in [0.05, 0.1) is 39.6 Å². The SMILES string of the molecule is CC1=C(C#N)C(c2ccc3[nH]nc(/N=C/c4ccc([N+](=O)[O-])cc4)c3c2)C(C#N)=C(C)N1. The largest absolute Gasteiger partial charge is 0.361 e. The fraction of sp³-hybridized carbons (Fsp3) is 0.130. The van der Waals surface area contributed by atoms with Crippen LogP contribution in [0, 0.1) is 32.8 Å². The molecule has 32 heavy (non-hydrogen) atoms. The minimum atomic E-state index is -0.475. The molecule has 0 spiro atoms. The summed E-state index contributed by atoms with van der Waals surface area (Å²) in [4.78, 5) is 14.8. The average molecular weight is 423 g/mol. The number of dihydropyridines is 1. The Balaban J connectivity index is 1.74. The number of rotatable bonds is 4. The number of nitrogens with one attached hydrogen (secondary N) is 2. The molecule has 2 heterocycles. The summed E-state index contributed by atoms with van der Waals surface area (Å²) >= 11 is 0. The number of nitrogens with zero attached hydrogens (tertiary/aromatic N) is 5. The molecule has 0 saturated carbocycles. The lowest BCUT2D eigenvalue weighted by atomic mass is 9.81. The summed E-state index contributed by atoms with van der Waals surface area (Å²) in [6.45, 7) is 3.64. The lowest BCUT2D eigenvalue weighted by Gasteiger charge is -2.26. The van der Waals surface area contributed by atoms with Gasteiger partial charge in [0, 0.05) is 35.1 Å². The number of nitro benzene ring substituents is 1. The summed E-state index contributed by atoms with van der Waals surface area (Å²) < 4.78 is 0. The zero-order valence-corrected chi connectivity index (χ0v) is 17.2. The first-order chi connectivity index (χ1) is 15.4. The predicted octanol–water partition coefficient (Wildman–Crippen LogP) is 4.50. The lowest BCUT2D eigenvalue weighted by Crippen LogP contribution is -2.23. The minimum absolute atomic E-state index is 0.00673. The van der Waals surface area contributed by atoms with Gasteiger partial charge in [-0.2, -0.15) is 15.6 Å². The Morgan fingerprint density at radius 2 is 1.75 bits per heavy atom. The van der Waals surface area contributed by atoms with E-state index in [2.05, 4.69) is 32.6 Å². The molecule has 9 heteroatoms. The smallest absolute Gasteiger partial charge is 0.269 e. The quantitative estimate of drug-likeness (QED) is 0.359. The third kappa shape index (κ3) is 3.59. The van der Waals surface area contributed by atoms with Crippen LogP contribution in [0.4, 0.5) is 11.5 Å². The molecule has 0 radical (unpaired) electrons. The topological polar surface area (TPSA) is 144 Å². The summed E-state index contributed by atoms with van der Waals surface area (Å²) in [5.74, 6) is -0.0374. The zero-order valence-electron chi connectivity index (χ0n) is 17.2. The highest BCUT2D eigenvalue weighted by atomic mass is 16.6. The molecule has 1 aliphatic rings. The van der Waals surface area contributed by atoms with E-state index in [9.17, 15) is 20.6 Å². The van der Waals surface area contributed by atoms with E-state index < -0.39 is 10.8 Å². The summed E-state index contributed by atoms with van der Waals surface area (Å²) in [6, 6.07) is 16.1. The first-order valence-electron chi connectivity index (χ1n) is 9.68. The lowest BCUT2D eigenvalue weighted by molar-refractivity contribution is -0.384. The zero-order chi connectivity index (χ0) is 22.8. The van der Waals surface area contributed by atoms with Crippen LogP contribution < -0.4 is 5.32 Å². The Bertz CT molecular complexity index is 1380. The third-order valence-corrected chi connectivity index (χ3v) is 5.34. The molecule has 0 amide bonds. The van der Waals surface area contributed by atoms with Gasteiger partial charge in [0.25, 0.3) is 5.69 Å². The van der Waals surface area contributed by atoms with E-state index in [-0.39, 0.29) is 5.69 Å². The van der Waals surface area contributed by atoms with Gasteiger partial charge in [0.1, 0.15) is 0 Å². The number of non-ortho nitro benzene ring substituents is 1. The molecule has 156 valence electrons. The number of H-pyrrole nitrogens is 1. The summed E-state index contributed by atoms with van der Waals surface area (Å²) in [7, 11) is 0. The van der Waals surface area contributed by atoms with Gasteiger partial charge < -0.3 is 5.32 Å². The first-order valence-corrected chi connectivity index (χ1v) is 9.68. The van der Waals surface area contributed by atoms with Crippen molar-refractivity contribution in [1.29, 1.82) is 10.5 Å². The van der Waals surface area contributed by atoms with Crippen LogP contribution in [0.3, 0.4) is 0 Å². The fourth-order valence-electron chi connectivity index (χ4n) is 3.74. The molecule has 0 bridgehead atoms. The Morgan fingerprint density at radius 3 is 2.34 bits per heavy atom. The standard InChI is InChI=1S/C23H17N7O2/c1-13-19(10-24)22(20(11-25)14(2)27-13)16-5-8-21-18(9-16)23(29-28-21)26-12-15-3-6-17(7-4-15)30(31)32/h3-9,12,22,27H,1-2H3,(H,28,29)/b26-12+. The fourth-order valence-corrected chi connectivity index (χ4v) is 3.74. The van der Waals surface area contributed by atoms with Crippen molar-refractivity contribution >= 4 is 28.6 Å². The number of aromatic amines is 1. The van der Waals surface area contributed by atoms with E-state index in [0.717, 1.165) is 27.9 Å². The number of benzene rings is 2. The number of hydrogen-bond acceptors (Lipinski definition) is 7. The Hall–Kier alpha value is -4.76. The van der Waals surface area contributed by atoms with Crippen molar-refractivity contribution in [3.63, 3.8) is 0 Å². The van der Waals surface area contributed by atoms with Gasteiger partial charge in [-0.05, 0) is 49.2 Å². The molecular formula is C23H17N7O2. The van der Waals surface area contributed by atoms with Crippen molar-refractivity contribution in [2.45, 2.75) is 19.8 Å². The highest BCUT2D eigenvalue weighted by molar-refractivity contribution is 5.92. The molecule has 0 unspecified atom stereocenters. The van der Waals surface area contributed by atoms with Crippen molar-refractivity contribution in [2.24, 2.45) is 4.99 Å². The van der Waals surface area contributed by atoms with Gasteiger partial charge in [0.15, 0.2) is 5.82 Å². The number of fused-ring (bicyclic) bond motifs is 1. The van der Waals surface area contributed by atoms with Gasteiger partial charge in [-0.15, -0.1) is 0 Å². The maximum absolute atomic E-state index is 10.8. The minimum Gasteiger partial charge on any atom is -0.361 e. The van der Waals surface area contributed by atoms with Crippen LogP contribution in [-0.2, 0) is 0 Å². The van der Waals surface area contributed by atoms with Gasteiger partial charge in [-0.1, -0.05) is 6.07 Å². The number of hydrogen-bond donors (Lipinski definition) is 2. The first kappa shape index (κ1) is 20.5. The number of aromatic nitrogens is 2. The molecule has 2 aromatic carbocycles. The predicted molar refractivity (Wildman–Crippen MR) is 119 cm³/mol. The normalized spacial score (nSPS) is 14.5. The van der Waals surface area contributed by atoms with Crippen LogP contribution in [0.25, 0.3) is 10.9 Å². The van der Waals surface area contributed by atoms with Crippen LogP contribution in [-0.4, -0.2) is 21.3 Å². The summed E-state index contributed by atoms with van der Waals surface area (Å²) in [5, 5.41) is 41.3. The van der Waals surface area contributed by atoms with E-state index in [0.29, 0.717) is 22.5 Å². The maximum atomic E-state index is 10.8. The number of nitriles is 2. The van der Waals surface area contributed by atoms with Crippen LogP contribution in [0.5, 0.6) is 0 Å². The average Bonchev–Trinajstić information content (AvgIpc) is 3.19. The summed E-state index contributed by atoms with van der Waals surface area (Å²) in [5.41, 5.74) is 4.67. The molecule has 9 nitrogen and oxygen atoms in total. The second kappa shape index (κ2) is 8.17. The van der Waals surface area contributed by atoms with Crippen molar-refractivity contribution in [2.75, 3.05) is 0 Å². The van der Waals surface area contributed by atoms with Crippen molar-refractivity contribution in [3.05, 3.63) is 86.2 Å². The van der Waals surface area contributed by atoms with Crippen LogP contribution in [0.2, 0.25) is 0 Å². The van der Waals surface area contributed by atoms with Crippen molar-refractivity contribution < 1.29 is 4.92 Å². The second-order valence-corrected chi connectivity index (χ2v) is 7.32. The number of allylic oxidation sites excluding steroid dienone is 4. The number of aliphatic imine (C=N–C) groups is 1. The van der Waals surface area contributed by atoms with E-state index >= 15 is 0 Å². The third-order valence-electron chi connectivity index (χ3n) is 5.34. The molecule has 2 N–H and O–H groups in total. The monoisotopic (exact) mass is 423 g/mol.